The molecule has 0 aliphatic carbocycles. The van der Waals surface area contributed by atoms with Crippen LogP contribution in [0.5, 0.6) is 5.75 Å². The van der Waals surface area contributed by atoms with Gasteiger partial charge in [-0.3, -0.25) is 9.59 Å². The summed E-state index contributed by atoms with van der Waals surface area (Å²) < 4.78 is 40.9. The number of hydrogen-bond donors (Lipinski definition) is 1. The molecule has 0 atom stereocenters. The van der Waals surface area contributed by atoms with Crippen LogP contribution in [0.2, 0.25) is 0 Å². The second-order valence-electron chi connectivity index (χ2n) is 7.94. The minimum Gasteiger partial charge on any atom is -0.406 e. The number of aromatic nitrogens is 2. The molecule has 1 saturated heterocycles. The molecule has 1 fully saturated rings. The molecule has 8 nitrogen and oxygen atoms in total. The van der Waals surface area contributed by atoms with Gasteiger partial charge in [0.15, 0.2) is 0 Å². The normalized spacial score (nSPS) is 14.6. The zero-order chi connectivity index (χ0) is 24.3. The van der Waals surface area contributed by atoms with Gasteiger partial charge in [-0.25, -0.2) is 9.97 Å². The molecule has 0 spiro atoms. The van der Waals surface area contributed by atoms with E-state index in [2.05, 4.69) is 20.0 Å². The summed E-state index contributed by atoms with van der Waals surface area (Å²) >= 11 is 0. The van der Waals surface area contributed by atoms with Gasteiger partial charge in [0.05, 0.1) is 5.52 Å². The fourth-order valence-corrected chi connectivity index (χ4v) is 3.91. The summed E-state index contributed by atoms with van der Waals surface area (Å²) in [6.45, 7) is 1.24. The van der Waals surface area contributed by atoms with E-state index in [0.29, 0.717) is 41.1 Å². The van der Waals surface area contributed by atoms with Gasteiger partial charge in [-0.2, -0.15) is 0 Å². The smallest absolute Gasteiger partial charge is 0.406 e. The molecule has 1 aliphatic rings. The van der Waals surface area contributed by atoms with Crippen LogP contribution in [0.1, 0.15) is 23.2 Å². The predicted molar refractivity (Wildman–Crippen MR) is 119 cm³/mol. The first-order valence-corrected chi connectivity index (χ1v) is 10.6. The highest BCUT2D eigenvalue weighted by Gasteiger charge is 2.31. The Kier molecular flexibility index (Phi) is 6.53. The number of halogens is 3. The third kappa shape index (κ3) is 5.36. The molecule has 34 heavy (non-hydrogen) atoms. The Hall–Kier alpha value is -3.89. The molecule has 0 bridgehead atoms. The van der Waals surface area contributed by atoms with E-state index < -0.39 is 6.36 Å². The first-order chi connectivity index (χ1) is 16.2. The third-order valence-electron chi connectivity index (χ3n) is 5.75. The molecule has 1 N–H and O–H groups in total. The molecule has 0 unspecified atom stereocenters. The summed E-state index contributed by atoms with van der Waals surface area (Å²) in [5, 5.41) is 3.70. The minimum atomic E-state index is -4.76. The molecular weight excluding hydrogens is 451 g/mol. The fraction of sp³-hybridized carbons (Fsp3) is 0.304. The van der Waals surface area contributed by atoms with Crippen molar-refractivity contribution in [2.24, 2.45) is 0 Å². The summed E-state index contributed by atoms with van der Waals surface area (Å²) in [5.74, 6) is -0.0161. The topological polar surface area (TPSA) is 87.7 Å². The fourth-order valence-electron chi connectivity index (χ4n) is 3.91. The van der Waals surface area contributed by atoms with E-state index in [9.17, 15) is 22.8 Å². The van der Waals surface area contributed by atoms with E-state index in [1.165, 1.54) is 30.6 Å². The van der Waals surface area contributed by atoms with Crippen molar-refractivity contribution in [2.75, 3.05) is 25.5 Å². The monoisotopic (exact) mass is 473 g/mol. The molecule has 0 saturated carbocycles. The van der Waals surface area contributed by atoms with Gasteiger partial charge in [0.1, 0.15) is 17.9 Å². The quantitative estimate of drug-likeness (QED) is 0.546. The Labute approximate surface area is 193 Å². The van der Waals surface area contributed by atoms with Gasteiger partial charge in [0, 0.05) is 42.8 Å². The maximum atomic E-state index is 13.0. The Morgan fingerprint density at radius 2 is 1.85 bits per heavy atom. The number of nitrogens with one attached hydrogen (secondary N) is 1. The van der Waals surface area contributed by atoms with Crippen molar-refractivity contribution in [3.63, 3.8) is 0 Å². The van der Waals surface area contributed by atoms with Crippen molar-refractivity contribution < 1.29 is 27.5 Å². The molecule has 11 heteroatoms. The number of benzene rings is 2. The van der Waals surface area contributed by atoms with Gasteiger partial charge in [-0.1, -0.05) is 0 Å². The first-order valence-electron chi connectivity index (χ1n) is 10.6. The highest BCUT2D eigenvalue weighted by molar-refractivity contribution is 6.00. The molecule has 3 aromatic rings. The lowest BCUT2D eigenvalue weighted by atomic mass is 10.0. The van der Waals surface area contributed by atoms with Crippen LogP contribution in [0.3, 0.4) is 0 Å². The molecule has 1 aromatic heterocycles. The van der Waals surface area contributed by atoms with Gasteiger partial charge in [-0.05, 0) is 55.3 Å². The van der Waals surface area contributed by atoms with Crippen molar-refractivity contribution in [2.45, 2.75) is 25.2 Å². The summed E-state index contributed by atoms with van der Waals surface area (Å²) in [7, 11) is 1.76. The molecule has 2 heterocycles. The van der Waals surface area contributed by atoms with E-state index >= 15 is 0 Å². The summed E-state index contributed by atoms with van der Waals surface area (Å²) in [4.78, 5) is 35.8. The average Bonchev–Trinajstić information content (AvgIpc) is 2.83. The maximum absolute atomic E-state index is 13.0. The van der Waals surface area contributed by atoms with E-state index in [4.69, 9.17) is 0 Å². The number of carbonyl (C=O) groups is 2. The molecule has 4 rings (SSSR count). The lowest BCUT2D eigenvalue weighted by Gasteiger charge is -2.35. The number of ether oxygens (including phenoxy) is 1. The van der Waals surface area contributed by atoms with Crippen LogP contribution in [-0.2, 0) is 4.79 Å². The van der Waals surface area contributed by atoms with E-state index in [1.54, 1.807) is 35.0 Å². The summed E-state index contributed by atoms with van der Waals surface area (Å²) in [6, 6.07) is 10.4. The largest absolute Gasteiger partial charge is 0.573 e. The summed E-state index contributed by atoms with van der Waals surface area (Å²) in [5.41, 5.74) is 1.53. The Morgan fingerprint density at radius 1 is 1.15 bits per heavy atom. The SMILES string of the molecule is CN(C(=O)c1ccc2c(Nc3ccc(OC(F)(F)F)cc3)ncnc2c1)C1CCN(C=O)CC1. The number of rotatable bonds is 6. The van der Waals surface area contributed by atoms with Gasteiger partial charge in [0.25, 0.3) is 5.91 Å². The Morgan fingerprint density at radius 3 is 2.50 bits per heavy atom. The van der Waals surface area contributed by atoms with Gasteiger partial charge < -0.3 is 19.9 Å². The average molecular weight is 473 g/mol. The van der Waals surface area contributed by atoms with E-state index in [1.807, 2.05) is 0 Å². The first kappa shape index (κ1) is 23.3. The van der Waals surface area contributed by atoms with Crippen LogP contribution >= 0.6 is 0 Å². The van der Waals surface area contributed by atoms with E-state index in [-0.39, 0.29) is 17.7 Å². The Balaban J connectivity index is 1.49. The number of hydrogen-bond acceptors (Lipinski definition) is 6. The van der Waals surface area contributed by atoms with Gasteiger partial charge in [-0.15, -0.1) is 13.2 Å². The number of piperidine rings is 1. The molecular formula is C23H22F3N5O3. The van der Waals surface area contributed by atoms with E-state index in [0.717, 1.165) is 19.3 Å². The lowest BCUT2D eigenvalue weighted by molar-refractivity contribution is -0.274. The number of likely N-dealkylation sites (tertiary alicyclic amines) is 1. The highest BCUT2D eigenvalue weighted by Crippen LogP contribution is 2.28. The zero-order valence-corrected chi connectivity index (χ0v) is 18.2. The van der Waals surface area contributed by atoms with Crippen LogP contribution in [0, 0.1) is 0 Å². The zero-order valence-electron chi connectivity index (χ0n) is 18.2. The second-order valence-corrected chi connectivity index (χ2v) is 7.94. The molecule has 2 aromatic carbocycles. The van der Waals surface area contributed by atoms with Crippen molar-refractivity contribution >= 4 is 34.7 Å². The van der Waals surface area contributed by atoms with Crippen LogP contribution in [0.15, 0.2) is 48.8 Å². The molecule has 2 amide bonds. The lowest BCUT2D eigenvalue weighted by Crippen LogP contribution is -2.45. The number of carbonyl (C=O) groups excluding carboxylic acids is 2. The minimum absolute atomic E-state index is 0.0475. The van der Waals surface area contributed by atoms with Crippen molar-refractivity contribution in [3.8, 4) is 5.75 Å². The van der Waals surface area contributed by atoms with Crippen LogP contribution in [0.25, 0.3) is 10.9 Å². The van der Waals surface area contributed by atoms with Gasteiger partial charge in [0.2, 0.25) is 6.41 Å². The predicted octanol–water partition coefficient (Wildman–Crippen LogP) is 3.96. The third-order valence-corrected chi connectivity index (χ3v) is 5.75. The Bertz CT molecular complexity index is 1180. The summed E-state index contributed by atoms with van der Waals surface area (Å²) in [6.07, 6.45) is -1.14. The standard InChI is InChI=1S/C23H22F3N5O3/c1-30(17-8-10-31(14-32)11-9-17)22(33)15-2-7-19-20(12-15)27-13-28-21(19)29-16-3-5-18(6-4-16)34-23(24,25)26/h2-7,12-14,17H,8-11H2,1H3,(H,27,28,29). The van der Waals surface area contributed by atoms with Crippen LogP contribution < -0.4 is 10.1 Å². The number of amides is 2. The van der Waals surface area contributed by atoms with Crippen LogP contribution in [0.4, 0.5) is 24.7 Å². The van der Waals surface area contributed by atoms with Crippen molar-refractivity contribution in [1.29, 1.82) is 0 Å². The highest BCUT2D eigenvalue weighted by atomic mass is 19.4. The second kappa shape index (κ2) is 9.54. The molecule has 178 valence electrons. The number of nitrogens with zero attached hydrogens (tertiary/aromatic N) is 4. The van der Waals surface area contributed by atoms with Gasteiger partial charge >= 0.3 is 6.36 Å². The molecule has 0 radical (unpaired) electrons. The number of alkyl halides is 3. The number of anilines is 2. The van der Waals surface area contributed by atoms with Crippen molar-refractivity contribution in [3.05, 3.63) is 54.4 Å². The van der Waals surface area contributed by atoms with Crippen LogP contribution in [-0.4, -0.2) is 64.6 Å². The number of fused-ring (bicyclic) bond motifs is 1. The maximum Gasteiger partial charge on any atom is 0.573 e. The molecule has 1 aliphatic heterocycles. The van der Waals surface area contributed by atoms with Crippen molar-refractivity contribution in [1.82, 2.24) is 19.8 Å².